The summed E-state index contributed by atoms with van der Waals surface area (Å²) in [5.41, 5.74) is 0.508. The van der Waals surface area contributed by atoms with Gasteiger partial charge in [0, 0.05) is 10.0 Å². The van der Waals surface area contributed by atoms with Crippen LogP contribution in [0.4, 0.5) is 4.39 Å². The van der Waals surface area contributed by atoms with E-state index in [0.717, 1.165) is 16.6 Å². The topological polar surface area (TPSA) is 43.4 Å². The van der Waals surface area contributed by atoms with Crippen LogP contribution in [-0.2, 0) is 9.84 Å². The second-order valence-corrected chi connectivity index (χ2v) is 7.31. The van der Waals surface area contributed by atoms with Crippen LogP contribution >= 0.6 is 15.9 Å². The summed E-state index contributed by atoms with van der Waals surface area (Å²) in [7, 11) is -3.71. The summed E-state index contributed by atoms with van der Waals surface area (Å²) in [5.74, 6) is 0.0341. The summed E-state index contributed by atoms with van der Waals surface area (Å²) >= 11 is 3.32. The van der Waals surface area contributed by atoms with Crippen molar-refractivity contribution in [2.75, 3.05) is 6.61 Å². The maximum Gasteiger partial charge on any atom is 0.207 e. The lowest BCUT2D eigenvalue weighted by atomic mass is 10.1. The van der Waals surface area contributed by atoms with Crippen LogP contribution in [0.15, 0.2) is 57.9 Å². The van der Waals surface area contributed by atoms with Crippen LogP contribution in [0.5, 0.6) is 5.75 Å². The van der Waals surface area contributed by atoms with Crippen molar-refractivity contribution in [2.45, 2.75) is 4.90 Å². The van der Waals surface area contributed by atoms with E-state index in [1.54, 1.807) is 18.2 Å². The first-order valence-corrected chi connectivity index (χ1v) is 8.39. The van der Waals surface area contributed by atoms with E-state index >= 15 is 0 Å². The fourth-order valence-electron chi connectivity index (χ4n) is 2.13. The Morgan fingerprint density at radius 3 is 2.52 bits per heavy atom. The Morgan fingerprint density at radius 1 is 1.10 bits per heavy atom. The van der Waals surface area contributed by atoms with Crippen LogP contribution < -0.4 is 4.74 Å². The molecule has 1 heterocycles. The van der Waals surface area contributed by atoms with Gasteiger partial charge in [0.2, 0.25) is 9.84 Å². The van der Waals surface area contributed by atoms with Crippen LogP contribution in [0.3, 0.4) is 0 Å². The standard InChI is InChI=1S/C15H10BrFO3S/c16-10-1-6-13-14(9-10)20-8-7-15(13)21(18,19)12-4-2-11(17)3-5-12/h1-7,9H,8H2. The molecular weight excluding hydrogens is 359 g/mol. The van der Waals surface area contributed by atoms with Crippen LogP contribution in [-0.4, -0.2) is 15.0 Å². The molecule has 108 valence electrons. The monoisotopic (exact) mass is 368 g/mol. The van der Waals surface area contributed by atoms with Crippen molar-refractivity contribution >= 4 is 30.7 Å². The number of hydrogen-bond donors (Lipinski definition) is 0. The molecule has 0 amide bonds. The number of ether oxygens (including phenoxy) is 1. The molecule has 2 aromatic carbocycles. The molecule has 0 fully saturated rings. The third-order valence-corrected chi connectivity index (χ3v) is 5.48. The number of halogens is 2. The summed E-state index contributed by atoms with van der Waals surface area (Å²) < 4.78 is 44.6. The Morgan fingerprint density at radius 2 is 1.81 bits per heavy atom. The average Bonchev–Trinajstić information content (AvgIpc) is 2.46. The Balaban J connectivity index is 2.12. The SMILES string of the molecule is O=S(=O)(C1=CCOc2cc(Br)ccc21)c1ccc(F)cc1. The molecule has 0 bridgehead atoms. The first-order valence-electron chi connectivity index (χ1n) is 6.12. The zero-order valence-electron chi connectivity index (χ0n) is 10.7. The second kappa shape index (κ2) is 5.27. The molecule has 1 aliphatic heterocycles. The molecule has 0 saturated heterocycles. The number of rotatable bonds is 2. The lowest BCUT2D eigenvalue weighted by molar-refractivity contribution is 0.357. The molecule has 6 heteroatoms. The molecular formula is C15H10BrFO3S. The quantitative estimate of drug-likeness (QED) is 0.757. The van der Waals surface area contributed by atoms with Gasteiger partial charge in [-0.15, -0.1) is 0 Å². The van der Waals surface area contributed by atoms with Crippen LogP contribution in [0.2, 0.25) is 0 Å². The maximum atomic E-state index is 13.0. The van der Waals surface area contributed by atoms with Crippen molar-refractivity contribution in [3.05, 3.63) is 64.4 Å². The predicted molar refractivity (Wildman–Crippen MR) is 81.2 cm³/mol. The highest BCUT2D eigenvalue weighted by atomic mass is 79.9. The number of hydrogen-bond acceptors (Lipinski definition) is 3. The fraction of sp³-hybridized carbons (Fsp3) is 0.0667. The Bertz CT molecular complexity index is 826. The normalized spacial score (nSPS) is 14.1. The van der Waals surface area contributed by atoms with Gasteiger partial charge in [-0.3, -0.25) is 0 Å². The third kappa shape index (κ3) is 2.61. The fourth-order valence-corrected chi connectivity index (χ4v) is 3.97. The molecule has 21 heavy (non-hydrogen) atoms. The third-order valence-electron chi connectivity index (χ3n) is 3.13. The zero-order valence-corrected chi connectivity index (χ0v) is 13.1. The van der Waals surface area contributed by atoms with Gasteiger partial charge in [-0.2, -0.15) is 0 Å². The van der Waals surface area contributed by atoms with E-state index in [9.17, 15) is 12.8 Å². The van der Waals surface area contributed by atoms with Crippen molar-refractivity contribution in [3.63, 3.8) is 0 Å². The summed E-state index contributed by atoms with van der Waals surface area (Å²) in [6.45, 7) is 0.180. The smallest absolute Gasteiger partial charge is 0.207 e. The zero-order chi connectivity index (χ0) is 15.0. The van der Waals surface area contributed by atoms with Crippen molar-refractivity contribution in [1.82, 2.24) is 0 Å². The highest BCUT2D eigenvalue weighted by molar-refractivity contribution is 9.10. The molecule has 1 aliphatic rings. The van der Waals surface area contributed by atoms with Crippen molar-refractivity contribution in [2.24, 2.45) is 0 Å². The molecule has 3 nitrogen and oxygen atoms in total. The molecule has 0 saturated carbocycles. The first kappa shape index (κ1) is 14.3. The van der Waals surface area contributed by atoms with E-state index in [0.29, 0.717) is 11.3 Å². The highest BCUT2D eigenvalue weighted by Crippen LogP contribution is 2.37. The molecule has 0 aliphatic carbocycles. The molecule has 3 rings (SSSR count). The summed E-state index contributed by atoms with van der Waals surface area (Å²) in [6.07, 6.45) is 1.52. The number of fused-ring (bicyclic) bond motifs is 1. The van der Waals surface area contributed by atoms with Gasteiger partial charge in [0.15, 0.2) is 0 Å². The minimum absolute atomic E-state index is 0.0610. The van der Waals surface area contributed by atoms with Gasteiger partial charge in [-0.05, 0) is 48.5 Å². The Kier molecular flexibility index (Phi) is 3.59. The van der Waals surface area contributed by atoms with E-state index < -0.39 is 15.7 Å². The Labute approximate surface area is 130 Å². The van der Waals surface area contributed by atoms with Gasteiger partial charge in [-0.25, -0.2) is 12.8 Å². The molecule has 0 atom stereocenters. The lowest BCUT2D eigenvalue weighted by Gasteiger charge is -2.19. The number of sulfone groups is 1. The van der Waals surface area contributed by atoms with E-state index in [4.69, 9.17) is 4.74 Å². The maximum absolute atomic E-state index is 13.0. The van der Waals surface area contributed by atoms with E-state index in [2.05, 4.69) is 15.9 Å². The molecule has 0 spiro atoms. The van der Waals surface area contributed by atoms with E-state index in [-0.39, 0.29) is 16.4 Å². The van der Waals surface area contributed by atoms with Crippen LogP contribution in [0.25, 0.3) is 4.91 Å². The van der Waals surface area contributed by atoms with Crippen molar-refractivity contribution < 1.29 is 17.5 Å². The minimum Gasteiger partial charge on any atom is -0.489 e. The summed E-state index contributed by atoms with van der Waals surface area (Å²) in [4.78, 5) is 0.244. The van der Waals surface area contributed by atoms with E-state index in [1.165, 1.54) is 18.2 Å². The van der Waals surface area contributed by atoms with Crippen molar-refractivity contribution in [3.8, 4) is 5.75 Å². The highest BCUT2D eigenvalue weighted by Gasteiger charge is 2.27. The summed E-state index contributed by atoms with van der Waals surface area (Å²) in [5, 5.41) is 0. The molecule has 0 aromatic heterocycles. The lowest BCUT2D eigenvalue weighted by Crippen LogP contribution is -2.12. The van der Waals surface area contributed by atoms with Gasteiger partial charge in [-0.1, -0.05) is 15.9 Å². The molecule has 0 N–H and O–H groups in total. The Hall–Kier alpha value is -1.66. The van der Waals surface area contributed by atoms with Gasteiger partial charge >= 0.3 is 0 Å². The summed E-state index contributed by atoms with van der Waals surface area (Å²) in [6, 6.07) is 9.96. The largest absolute Gasteiger partial charge is 0.489 e. The van der Waals surface area contributed by atoms with Gasteiger partial charge in [0.05, 0.1) is 9.80 Å². The minimum atomic E-state index is -3.71. The van der Waals surface area contributed by atoms with Crippen molar-refractivity contribution in [1.29, 1.82) is 0 Å². The van der Waals surface area contributed by atoms with Gasteiger partial charge < -0.3 is 4.74 Å². The van der Waals surface area contributed by atoms with Gasteiger partial charge in [0.1, 0.15) is 18.2 Å². The second-order valence-electron chi connectivity index (χ2n) is 4.48. The van der Waals surface area contributed by atoms with Crippen LogP contribution in [0, 0.1) is 5.82 Å². The predicted octanol–water partition coefficient (Wildman–Crippen LogP) is 3.80. The first-order chi connectivity index (χ1) is 9.98. The van der Waals surface area contributed by atoms with E-state index in [1.807, 2.05) is 0 Å². The number of benzene rings is 2. The average molecular weight is 369 g/mol. The molecule has 2 aromatic rings. The molecule has 0 radical (unpaired) electrons. The van der Waals surface area contributed by atoms with Crippen LogP contribution in [0.1, 0.15) is 5.56 Å². The molecule has 0 unspecified atom stereocenters. The van der Waals surface area contributed by atoms with Gasteiger partial charge in [0.25, 0.3) is 0 Å².